The summed E-state index contributed by atoms with van der Waals surface area (Å²) in [5.41, 5.74) is 1.27. The second kappa shape index (κ2) is 6.58. The maximum Gasteiger partial charge on any atom is 0.416 e. The molecule has 0 saturated heterocycles. The van der Waals surface area contributed by atoms with Gasteiger partial charge >= 0.3 is 6.18 Å². The lowest BCUT2D eigenvalue weighted by molar-refractivity contribution is -0.137. The molecule has 0 aliphatic rings. The first-order valence-corrected chi connectivity index (χ1v) is 5.80. The highest BCUT2D eigenvalue weighted by molar-refractivity contribution is 5.49. The van der Waals surface area contributed by atoms with E-state index >= 15 is 0 Å². The molecule has 0 radical (unpaired) electrons. The number of nitrogens with zero attached hydrogens (tertiary/aromatic N) is 1. The smallest absolute Gasteiger partial charge is 0.393 e. The van der Waals surface area contributed by atoms with Crippen LogP contribution >= 0.6 is 0 Å². The average molecular weight is 278 g/mol. The molecule has 1 rings (SSSR count). The summed E-state index contributed by atoms with van der Waals surface area (Å²) >= 11 is 0. The number of hydrazine groups is 1. The largest absolute Gasteiger partial charge is 0.416 e. The molecule has 0 fully saturated rings. The summed E-state index contributed by atoms with van der Waals surface area (Å²) in [5, 5.41) is 11.8. The van der Waals surface area contributed by atoms with Crippen molar-refractivity contribution in [3.8, 4) is 0 Å². The highest BCUT2D eigenvalue weighted by atomic mass is 19.4. The highest BCUT2D eigenvalue weighted by Gasteiger charge is 2.31. The zero-order valence-corrected chi connectivity index (χ0v) is 10.5. The third kappa shape index (κ3) is 5.31. The van der Waals surface area contributed by atoms with Crippen LogP contribution in [0.2, 0.25) is 0 Å². The molecule has 8 heteroatoms. The quantitative estimate of drug-likeness (QED) is 0.363. The van der Waals surface area contributed by atoms with E-state index in [1.165, 1.54) is 0 Å². The van der Waals surface area contributed by atoms with Gasteiger partial charge in [-0.05, 0) is 31.9 Å². The number of alkyl halides is 3. The summed E-state index contributed by atoms with van der Waals surface area (Å²) < 4.78 is 37.9. The molecular formula is C11H17F3N4O. The van der Waals surface area contributed by atoms with Crippen molar-refractivity contribution in [3.63, 3.8) is 0 Å². The summed E-state index contributed by atoms with van der Waals surface area (Å²) in [6, 6.07) is 1.75. The molecule has 1 atom stereocenters. The van der Waals surface area contributed by atoms with Gasteiger partial charge in [0.2, 0.25) is 0 Å². The zero-order valence-electron chi connectivity index (χ0n) is 10.5. The summed E-state index contributed by atoms with van der Waals surface area (Å²) in [7, 11) is 0. The molecule has 5 N–H and O–H groups in total. The Kier molecular flexibility index (Phi) is 5.37. The van der Waals surface area contributed by atoms with Crippen molar-refractivity contribution in [1.29, 1.82) is 0 Å². The third-order valence-electron chi connectivity index (χ3n) is 2.41. The van der Waals surface area contributed by atoms with Crippen LogP contribution in [0.1, 0.15) is 25.3 Å². The zero-order chi connectivity index (χ0) is 14.5. The average Bonchev–Trinajstić information content (AvgIpc) is 2.33. The number of nitrogen functional groups attached to an aromatic ring is 1. The van der Waals surface area contributed by atoms with Crippen molar-refractivity contribution in [2.45, 2.75) is 32.0 Å². The molecule has 0 aromatic carbocycles. The lowest BCUT2D eigenvalue weighted by atomic mass is 10.2. The van der Waals surface area contributed by atoms with Gasteiger partial charge in [0.1, 0.15) is 11.6 Å². The lowest BCUT2D eigenvalue weighted by Gasteiger charge is -2.12. The number of hydrogen-bond acceptors (Lipinski definition) is 5. The van der Waals surface area contributed by atoms with Crippen LogP contribution in [0.5, 0.6) is 0 Å². The molecule has 5 nitrogen and oxygen atoms in total. The Labute approximate surface area is 109 Å². The molecule has 1 heterocycles. The van der Waals surface area contributed by atoms with E-state index in [4.69, 9.17) is 10.9 Å². The Balaban J connectivity index is 2.72. The van der Waals surface area contributed by atoms with Gasteiger partial charge in [-0.1, -0.05) is 0 Å². The van der Waals surface area contributed by atoms with Crippen molar-refractivity contribution < 1.29 is 18.3 Å². The van der Waals surface area contributed by atoms with E-state index in [0.717, 1.165) is 12.1 Å². The van der Waals surface area contributed by atoms with Crippen LogP contribution in [-0.2, 0) is 6.18 Å². The first-order valence-electron chi connectivity index (χ1n) is 5.80. The number of pyridine rings is 1. The van der Waals surface area contributed by atoms with Crippen LogP contribution < -0.4 is 16.6 Å². The monoisotopic (exact) mass is 278 g/mol. The number of aliphatic hydroxyl groups excluding tert-OH is 1. The Hall–Kier alpha value is -1.54. The minimum absolute atomic E-state index is 0.0622. The van der Waals surface area contributed by atoms with Gasteiger partial charge in [-0.15, -0.1) is 0 Å². The fourth-order valence-electron chi connectivity index (χ4n) is 1.47. The number of rotatable bonds is 6. The number of hydrogen-bond donors (Lipinski definition) is 4. The van der Waals surface area contributed by atoms with Gasteiger partial charge in [-0.3, -0.25) is 0 Å². The standard InChI is InChI=1S/C11H17F3N4O/c1-7(19)3-2-4-16-9-5-8(11(12,13)14)6-10(17-9)18-15/h5-7,19H,2-4,15H2,1H3,(H2,16,17,18). The van der Waals surface area contributed by atoms with Crippen molar-refractivity contribution in [3.05, 3.63) is 17.7 Å². The number of halogens is 3. The second-order valence-corrected chi connectivity index (χ2v) is 4.19. The van der Waals surface area contributed by atoms with Crippen molar-refractivity contribution in [1.82, 2.24) is 4.98 Å². The van der Waals surface area contributed by atoms with Gasteiger partial charge in [-0.25, -0.2) is 10.8 Å². The van der Waals surface area contributed by atoms with Gasteiger partial charge in [0.25, 0.3) is 0 Å². The maximum atomic E-state index is 12.6. The van der Waals surface area contributed by atoms with Crippen molar-refractivity contribution in [2.24, 2.45) is 5.84 Å². The fraction of sp³-hybridized carbons (Fsp3) is 0.545. The van der Waals surface area contributed by atoms with E-state index in [2.05, 4.69) is 15.7 Å². The number of aliphatic hydroxyl groups is 1. The Bertz CT molecular complexity index is 409. The molecule has 0 amide bonds. The van der Waals surface area contributed by atoms with E-state index in [1.54, 1.807) is 6.92 Å². The normalized spacial score (nSPS) is 13.2. The molecule has 0 saturated carbocycles. The molecule has 1 aromatic heterocycles. The molecule has 0 spiro atoms. The molecular weight excluding hydrogens is 261 g/mol. The van der Waals surface area contributed by atoms with E-state index in [1.807, 2.05) is 0 Å². The van der Waals surface area contributed by atoms with E-state index in [-0.39, 0.29) is 11.6 Å². The minimum Gasteiger partial charge on any atom is -0.393 e. The van der Waals surface area contributed by atoms with Crippen LogP contribution in [0.4, 0.5) is 24.8 Å². The summed E-state index contributed by atoms with van der Waals surface area (Å²) in [6.07, 6.45) is -3.70. The van der Waals surface area contributed by atoms with Crippen LogP contribution in [0.3, 0.4) is 0 Å². The lowest BCUT2D eigenvalue weighted by Crippen LogP contribution is -2.14. The SMILES string of the molecule is CC(O)CCCNc1cc(C(F)(F)F)cc(NN)n1. The first kappa shape index (κ1) is 15.5. The van der Waals surface area contributed by atoms with Crippen LogP contribution in [0.15, 0.2) is 12.1 Å². The van der Waals surface area contributed by atoms with Crippen molar-refractivity contribution in [2.75, 3.05) is 17.3 Å². The van der Waals surface area contributed by atoms with Gasteiger partial charge in [-0.2, -0.15) is 13.2 Å². The summed E-state index contributed by atoms with van der Waals surface area (Å²) in [4.78, 5) is 3.87. The Morgan fingerprint density at radius 1 is 1.37 bits per heavy atom. The number of nitrogens with two attached hydrogens (primary N) is 1. The molecule has 108 valence electrons. The summed E-state index contributed by atoms with van der Waals surface area (Å²) in [5.74, 6) is 5.11. The second-order valence-electron chi connectivity index (χ2n) is 4.19. The molecule has 1 unspecified atom stereocenters. The molecule has 1 aromatic rings. The Morgan fingerprint density at radius 3 is 2.53 bits per heavy atom. The number of aromatic nitrogens is 1. The maximum absolute atomic E-state index is 12.6. The molecule has 0 aliphatic carbocycles. The van der Waals surface area contributed by atoms with Gasteiger partial charge in [0.15, 0.2) is 0 Å². The van der Waals surface area contributed by atoms with Gasteiger partial charge < -0.3 is 15.8 Å². The van der Waals surface area contributed by atoms with E-state index in [0.29, 0.717) is 19.4 Å². The molecule has 0 bridgehead atoms. The predicted octanol–water partition coefficient (Wildman–Crippen LogP) is 1.96. The van der Waals surface area contributed by atoms with Gasteiger partial charge in [0, 0.05) is 6.54 Å². The summed E-state index contributed by atoms with van der Waals surface area (Å²) in [6.45, 7) is 2.07. The van der Waals surface area contributed by atoms with E-state index < -0.39 is 17.8 Å². The number of anilines is 2. The van der Waals surface area contributed by atoms with Gasteiger partial charge in [0.05, 0.1) is 11.7 Å². The predicted molar refractivity (Wildman–Crippen MR) is 66.5 cm³/mol. The van der Waals surface area contributed by atoms with E-state index in [9.17, 15) is 13.2 Å². The molecule has 19 heavy (non-hydrogen) atoms. The van der Waals surface area contributed by atoms with Crippen LogP contribution in [0.25, 0.3) is 0 Å². The fourth-order valence-corrected chi connectivity index (χ4v) is 1.47. The topological polar surface area (TPSA) is 83.2 Å². The first-order chi connectivity index (χ1) is 8.82. The highest BCUT2D eigenvalue weighted by Crippen LogP contribution is 2.31. The van der Waals surface area contributed by atoms with Crippen molar-refractivity contribution >= 4 is 11.6 Å². The third-order valence-corrected chi connectivity index (χ3v) is 2.41. The van der Waals surface area contributed by atoms with Crippen LogP contribution in [0, 0.1) is 0 Å². The molecule has 0 aliphatic heterocycles. The van der Waals surface area contributed by atoms with Crippen LogP contribution in [-0.4, -0.2) is 22.7 Å². The minimum atomic E-state index is -4.45. The Morgan fingerprint density at radius 2 is 2.00 bits per heavy atom. The number of nitrogens with one attached hydrogen (secondary N) is 2.